The van der Waals surface area contributed by atoms with E-state index in [0.717, 1.165) is 108 Å². The summed E-state index contributed by atoms with van der Waals surface area (Å²) in [6, 6.07) is 0. The lowest BCUT2D eigenvalue weighted by atomic mass is 9.93. The van der Waals surface area contributed by atoms with Crippen molar-refractivity contribution in [3.8, 4) is 11.5 Å². The average molecular weight is 997 g/mol. The van der Waals surface area contributed by atoms with Gasteiger partial charge in [-0.15, -0.1) is 0 Å². The van der Waals surface area contributed by atoms with Gasteiger partial charge in [-0.1, -0.05) is 105 Å². The minimum Gasteiger partial charge on any atom is -0.481 e. The molecule has 0 saturated carbocycles. The Morgan fingerprint density at radius 1 is 0.361 bits per heavy atom. The van der Waals surface area contributed by atoms with Crippen molar-refractivity contribution >= 4 is 23.9 Å². The van der Waals surface area contributed by atoms with Crippen LogP contribution in [0, 0.1) is 6.92 Å². The maximum atomic E-state index is 12.7. The van der Waals surface area contributed by atoms with Crippen LogP contribution >= 0.6 is 0 Å². The molecule has 0 atom stereocenters. The fraction of sp³-hybridized carbons (Fsp3) is 0.548. The fourth-order valence-electron chi connectivity index (χ4n) is 8.08. The molecular weight excluding hydrogens is 905 g/mol. The van der Waals surface area contributed by atoms with E-state index in [1.165, 1.54) is 44.6 Å². The Morgan fingerprint density at radius 3 is 0.903 bits per heavy atom. The summed E-state index contributed by atoms with van der Waals surface area (Å²) in [6.45, 7) is 22.2. The summed E-state index contributed by atoms with van der Waals surface area (Å²) in [5.74, 6) is -4.10. The summed E-state index contributed by atoms with van der Waals surface area (Å²) in [6.07, 6.45) is 36.2. The fourth-order valence-corrected chi connectivity index (χ4v) is 8.08. The number of carboxylic acids is 2. The van der Waals surface area contributed by atoms with E-state index in [-0.39, 0.29) is 29.0 Å². The maximum Gasteiger partial charge on any atom is 0.311 e. The number of hydrogen-bond acceptors (Lipinski definition) is 8. The minimum absolute atomic E-state index is 0.0109. The molecule has 0 aliphatic carbocycles. The Kier molecular flexibility index (Phi) is 33.6. The zero-order valence-corrected chi connectivity index (χ0v) is 46.2. The van der Waals surface area contributed by atoms with Crippen LogP contribution in [0.4, 0.5) is 0 Å². The van der Waals surface area contributed by atoms with Gasteiger partial charge in [-0.25, -0.2) is 0 Å². The number of aliphatic hydroxyl groups is 2. The van der Waals surface area contributed by atoms with Crippen LogP contribution in [0.25, 0.3) is 0 Å². The van der Waals surface area contributed by atoms with Crippen LogP contribution in [-0.4, -0.2) is 44.3 Å². The molecule has 10 heteroatoms. The first-order valence-electron chi connectivity index (χ1n) is 26.3. The van der Waals surface area contributed by atoms with Gasteiger partial charge in [-0.3, -0.25) is 19.2 Å². The smallest absolute Gasteiger partial charge is 0.311 e. The third kappa shape index (κ3) is 29.9. The molecule has 1 rings (SSSR count). The van der Waals surface area contributed by atoms with E-state index < -0.39 is 62.8 Å². The number of carbonyl (C=O) groups excluding carboxylic acids is 2. The van der Waals surface area contributed by atoms with Gasteiger partial charge < -0.3 is 29.9 Å². The van der Waals surface area contributed by atoms with Crippen LogP contribution in [-0.2, 0) is 38.8 Å². The highest BCUT2D eigenvalue weighted by molar-refractivity contribution is 5.81. The number of rotatable bonds is 36. The average Bonchev–Trinajstić information content (AvgIpc) is 3.30. The van der Waals surface area contributed by atoms with Gasteiger partial charge in [-0.2, -0.15) is 0 Å². The number of allylic oxidation sites excluding steroid dienone is 18. The summed E-state index contributed by atoms with van der Waals surface area (Å²) in [7, 11) is 0. The molecule has 10 nitrogen and oxygen atoms in total. The van der Waals surface area contributed by atoms with Crippen LogP contribution in [0.1, 0.15) is 220 Å². The maximum absolute atomic E-state index is 12.7. The Bertz CT molecular complexity index is 2200. The normalized spacial score (nSPS) is 13.4. The number of hydrogen-bond donors (Lipinski definition) is 4. The van der Waals surface area contributed by atoms with Crippen molar-refractivity contribution in [2.24, 2.45) is 0 Å². The molecule has 72 heavy (non-hydrogen) atoms. The number of aliphatic hydroxyl groups excluding tert-OH is 2. The molecule has 4 N–H and O–H groups in total. The monoisotopic (exact) mass is 997 g/mol. The van der Waals surface area contributed by atoms with Gasteiger partial charge in [0.25, 0.3) is 0 Å². The SMILES string of the molecule is CC(C)=CCC/C(C)=C/CC/C(C)=C/CC/C(C)=C/CC/C(C)=C/CC/C(C)=C/CC/C(C)=C/CC/C(C)=C/CC/C(C)=C/Cc1c(C)c(OC(=O)CCC(=O)O)c(CO)c(CO)c1OC(=O)CCC(=O)O. The van der Waals surface area contributed by atoms with Crippen molar-refractivity contribution in [3.63, 3.8) is 0 Å². The first kappa shape index (κ1) is 64.7. The topological polar surface area (TPSA) is 168 Å². The molecule has 400 valence electrons. The highest BCUT2D eigenvalue weighted by Gasteiger charge is 2.26. The number of carboxylic acid groups (broad SMARTS) is 2. The molecule has 0 aliphatic heterocycles. The molecule has 0 saturated heterocycles. The van der Waals surface area contributed by atoms with E-state index in [1.54, 1.807) is 6.92 Å². The van der Waals surface area contributed by atoms with Gasteiger partial charge in [0.15, 0.2) is 0 Å². The number of benzene rings is 1. The Morgan fingerprint density at radius 2 is 0.625 bits per heavy atom. The minimum atomic E-state index is -1.18. The first-order chi connectivity index (χ1) is 34.2. The van der Waals surface area contributed by atoms with Crippen molar-refractivity contribution < 1.29 is 49.1 Å². The molecule has 1 aromatic rings. The zero-order valence-electron chi connectivity index (χ0n) is 46.2. The van der Waals surface area contributed by atoms with Gasteiger partial charge in [0.1, 0.15) is 11.5 Å². The lowest BCUT2D eigenvalue weighted by molar-refractivity contribution is -0.142. The van der Waals surface area contributed by atoms with Gasteiger partial charge in [0.2, 0.25) is 0 Å². The summed E-state index contributed by atoms with van der Waals surface area (Å²) < 4.78 is 11.2. The molecule has 0 heterocycles. The zero-order chi connectivity index (χ0) is 54.0. The van der Waals surface area contributed by atoms with Gasteiger partial charge in [0.05, 0.1) is 38.9 Å². The van der Waals surface area contributed by atoms with E-state index in [9.17, 15) is 29.4 Å². The van der Waals surface area contributed by atoms with E-state index in [2.05, 4.69) is 111 Å². The predicted molar refractivity (Wildman–Crippen MR) is 295 cm³/mol. The lowest BCUT2D eigenvalue weighted by Crippen LogP contribution is -2.18. The largest absolute Gasteiger partial charge is 0.481 e. The number of ether oxygens (including phenoxy) is 2. The molecule has 0 unspecified atom stereocenters. The predicted octanol–water partition coefficient (Wildman–Crippen LogP) is 15.8. The molecule has 0 aliphatic rings. The van der Waals surface area contributed by atoms with Crippen LogP contribution in [0.15, 0.2) is 105 Å². The Hall–Kier alpha value is -5.32. The van der Waals surface area contributed by atoms with Crippen molar-refractivity contribution in [2.75, 3.05) is 0 Å². The summed E-state index contributed by atoms with van der Waals surface area (Å²) in [5.41, 5.74) is 13.3. The Balaban J connectivity index is 2.67. The Labute approximate surface area is 434 Å². The number of carbonyl (C=O) groups is 4. The van der Waals surface area contributed by atoms with Crippen molar-refractivity contribution in [2.45, 2.75) is 224 Å². The van der Waals surface area contributed by atoms with Crippen LogP contribution < -0.4 is 9.47 Å². The lowest BCUT2D eigenvalue weighted by Gasteiger charge is -2.22. The van der Waals surface area contributed by atoms with E-state index in [1.807, 2.05) is 13.0 Å². The molecule has 0 fully saturated rings. The van der Waals surface area contributed by atoms with Crippen molar-refractivity contribution in [3.05, 3.63) is 127 Å². The van der Waals surface area contributed by atoms with Crippen LogP contribution in [0.2, 0.25) is 0 Å². The van der Waals surface area contributed by atoms with Crippen LogP contribution in [0.3, 0.4) is 0 Å². The second kappa shape index (κ2) is 37.4. The third-order valence-electron chi connectivity index (χ3n) is 12.8. The molecule has 0 amide bonds. The van der Waals surface area contributed by atoms with Crippen molar-refractivity contribution in [1.29, 1.82) is 0 Å². The molecule has 0 spiro atoms. The van der Waals surface area contributed by atoms with E-state index in [0.29, 0.717) is 11.1 Å². The second-order valence-electron chi connectivity index (χ2n) is 20.0. The molecule has 0 radical (unpaired) electrons. The highest BCUT2D eigenvalue weighted by atomic mass is 16.5. The quantitative estimate of drug-likeness (QED) is 0.0289. The summed E-state index contributed by atoms with van der Waals surface area (Å²) in [4.78, 5) is 47.5. The van der Waals surface area contributed by atoms with Crippen molar-refractivity contribution in [1.82, 2.24) is 0 Å². The van der Waals surface area contributed by atoms with E-state index >= 15 is 0 Å². The highest BCUT2D eigenvalue weighted by Crippen LogP contribution is 2.40. The van der Waals surface area contributed by atoms with Crippen LogP contribution in [0.5, 0.6) is 11.5 Å². The first-order valence-corrected chi connectivity index (χ1v) is 26.3. The standard InChI is InChI=1S/C62H92O10/c1-44(2)20-12-21-45(3)22-13-23-46(4)24-14-25-47(5)26-15-27-48(6)28-16-29-49(7)30-17-31-50(8)32-18-33-51(9)34-19-35-52(10)36-37-54-53(11)61(71-59(69)40-38-57(65)66)55(42-63)56(43-64)62(54)72-60(70)41-39-58(67)68/h20,22,24,26,28,30,32,34,36,63-64H,12-19,21,23,25,27,29,31,33,35,37-43H2,1-11H3,(H,65,66)(H,67,68)/b45-22+,46-24+,47-26+,48-28+,49-30+,50-32+,51-34+,52-36+. The van der Waals surface area contributed by atoms with Gasteiger partial charge in [0, 0.05) is 16.7 Å². The molecular formula is C62H92O10. The van der Waals surface area contributed by atoms with E-state index in [4.69, 9.17) is 19.7 Å². The second-order valence-corrected chi connectivity index (χ2v) is 20.0. The molecule has 0 aromatic heterocycles. The number of aliphatic carboxylic acids is 2. The van der Waals surface area contributed by atoms with Gasteiger partial charge in [-0.05, 0) is 191 Å². The third-order valence-corrected chi connectivity index (χ3v) is 12.8. The summed E-state index contributed by atoms with van der Waals surface area (Å²) >= 11 is 0. The molecule has 1 aromatic carbocycles. The number of esters is 2. The summed E-state index contributed by atoms with van der Waals surface area (Å²) in [5, 5.41) is 38.8. The van der Waals surface area contributed by atoms with Gasteiger partial charge >= 0.3 is 23.9 Å². The molecule has 0 bridgehead atoms.